The van der Waals surface area contributed by atoms with Gasteiger partial charge in [-0.15, -0.1) is 11.8 Å². The van der Waals surface area contributed by atoms with Gasteiger partial charge >= 0.3 is 0 Å². The number of benzene rings is 2. The number of amides is 1. The topological polar surface area (TPSA) is 42.4 Å². The standard InChI is InChI=1S/C20H17BrN2O2S/c1-25-17-7-6-14(21)12-16(17)20-23(10-11-26-20)19(24)18-15-5-3-2-4-13(15)8-9-22-18/h2-9,12,20H,10-11H2,1H3. The first kappa shape index (κ1) is 17.4. The first-order valence-electron chi connectivity index (χ1n) is 8.29. The number of hydrogen-bond donors (Lipinski definition) is 0. The lowest BCUT2D eigenvalue weighted by Gasteiger charge is -2.25. The van der Waals surface area contributed by atoms with Gasteiger partial charge in [-0.05, 0) is 29.7 Å². The Morgan fingerprint density at radius 3 is 2.96 bits per heavy atom. The van der Waals surface area contributed by atoms with Crippen molar-refractivity contribution in [3.63, 3.8) is 0 Å². The second kappa shape index (κ2) is 7.29. The Morgan fingerprint density at radius 1 is 1.27 bits per heavy atom. The van der Waals surface area contributed by atoms with Crippen molar-refractivity contribution in [3.05, 3.63) is 70.5 Å². The van der Waals surface area contributed by atoms with Gasteiger partial charge in [-0.1, -0.05) is 40.2 Å². The van der Waals surface area contributed by atoms with Crippen molar-refractivity contribution in [2.45, 2.75) is 5.37 Å². The first-order valence-corrected chi connectivity index (χ1v) is 10.1. The Hall–Kier alpha value is -2.05. The van der Waals surface area contributed by atoms with Crippen molar-refractivity contribution < 1.29 is 9.53 Å². The lowest BCUT2D eigenvalue weighted by atomic mass is 10.1. The van der Waals surface area contributed by atoms with Gasteiger partial charge in [-0.3, -0.25) is 9.78 Å². The maximum Gasteiger partial charge on any atom is 0.274 e. The molecule has 1 saturated heterocycles. The van der Waals surface area contributed by atoms with Crippen LogP contribution in [-0.4, -0.2) is 35.2 Å². The number of fused-ring (bicyclic) bond motifs is 1. The van der Waals surface area contributed by atoms with E-state index < -0.39 is 0 Å². The highest BCUT2D eigenvalue weighted by Gasteiger charge is 2.34. The zero-order chi connectivity index (χ0) is 18.1. The van der Waals surface area contributed by atoms with Gasteiger partial charge in [-0.2, -0.15) is 0 Å². The fourth-order valence-electron chi connectivity index (χ4n) is 3.26. The number of carbonyl (C=O) groups is 1. The average Bonchev–Trinajstić information content (AvgIpc) is 3.16. The molecule has 4 nitrogen and oxygen atoms in total. The maximum absolute atomic E-state index is 13.3. The van der Waals surface area contributed by atoms with Gasteiger partial charge in [0.15, 0.2) is 0 Å². The summed E-state index contributed by atoms with van der Waals surface area (Å²) in [6.45, 7) is 0.689. The van der Waals surface area contributed by atoms with E-state index in [-0.39, 0.29) is 11.3 Å². The summed E-state index contributed by atoms with van der Waals surface area (Å²) in [5.41, 5.74) is 1.50. The number of thioether (sulfide) groups is 1. The van der Waals surface area contributed by atoms with Crippen LogP contribution < -0.4 is 4.74 Å². The third-order valence-corrected chi connectivity index (χ3v) is 6.22. The molecule has 1 aliphatic heterocycles. The minimum absolute atomic E-state index is 0.0428. The predicted molar refractivity (Wildman–Crippen MR) is 109 cm³/mol. The van der Waals surface area contributed by atoms with Crippen LogP contribution in [0.25, 0.3) is 10.8 Å². The van der Waals surface area contributed by atoms with Gasteiger partial charge in [-0.25, -0.2) is 0 Å². The van der Waals surface area contributed by atoms with Crippen LogP contribution in [0.15, 0.2) is 59.2 Å². The van der Waals surface area contributed by atoms with Crippen LogP contribution in [0.3, 0.4) is 0 Å². The Kier molecular flexibility index (Phi) is 4.87. The van der Waals surface area contributed by atoms with E-state index in [1.54, 1.807) is 25.1 Å². The van der Waals surface area contributed by atoms with Crippen molar-refractivity contribution in [1.82, 2.24) is 9.88 Å². The fraction of sp³-hybridized carbons (Fsp3) is 0.200. The number of carbonyl (C=O) groups excluding carboxylic acids is 1. The van der Waals surface area contributed by atoms with E-state index in [1.165, 1.54) is 0 Å². The molecule has 1 amide bonds. The molecule has 0 N–H and O–H groups in total. The molecule has 1 fully saturated rings. The molecule has 2 aromatic carbocycles. The summed E-state index contributed by atoms with van der Waals surface area (Å²) in [6, 6.07) is 15.7. The SMILES string of the molecule is COc1ccc(Br)cc1C1SCCN1C(=O)c1nccc2ccccc12. The van der Waals surface area contributed by atoms with Crippen molar-refractivity contribution in [3.8, 4) is 5.75 Å². The maximum atomic E-state index is 13.3. The summed E-state index contributed by atoms with van der Waals surface area (Å²) in [5, 5.41) is 1.82. The van der Waals surface area contributed by atoms with Gasteiger partial charge < -0.3 is 9.64 Å². The summed E-state index contributed by atoms with van der Waals surface area (Å²) in [6.07, 6.45) is 1.70. The zero-order valence-electron chi connectivity index (χ0n) is 14.2. The quantitative estimate of drug-likeness (QED) is 0.595. The summed E-state index contributed by atoms with van der Waals surface area (Å²) < 4.78 is 6.50. The largest absolute Gasteiger partial charge is 0.496 e. The molecule has 1 aromatic heterocycles. The molecule has 1 unspecified atom stereocenters. The highest BCUT2D eigenvalue weighted by molar-refractivity contribution is 9.10. The predicted octanol–water partition coefficient (Wildman–Crippen LogP) is 4.89. The molecule has 4 rings (SSSR count). The number of halogens is 1. The molecule has 3 aromatic rings. The molecule has 2 heterocycles. The second-order valence-corrected chi connectivity index (χ2v) is 8.09. The third kappa shape index (κ3) is 3.08. The van der Waals surface area contributed by atoms with Crippen molar-refractivity contribution in [2.24, 2.45) is 0 Å². The van der Waals surface area contributed by atoms with E-state index in [0.717, 1.165) is 32.3 Å². The highest BCUT2D eigenvalue weighted by atomic mass is 79.9. The third-order valence-electron chi connectivity index (χ3n) is 4.49. The molecule has 6 heteroatoms. The molecule has 0 saturated carbocycles. The molecular weight excluding hydrogens is 412 g/mol. The highest BCUT2D eigenvalue weighted by Crippen LogP contribution is 2.43. The van der Waals surface area contributed by atoms with Gasteiger partial charge in [0.25, 0.3) is 5.91 Å². The van der Waals surface area contributed by atoms with E-state index in [2.05, 4.69) is 20.9 Å². The van der Waals surface area contributed by atoms with Crippen LogP contribution in [0.5, 0.6) is 5.75 Å². The van der Waals surface area contributed by atoms with Crippen molar-refractivity contribution in [2.75, 3.05) is 19.4 Å². The van der Waals surface area contributed by atoms with Gasteiger partial charge in [0.05, 0.1) is 7.11 Å². The van der Waals surface area contributed by atoms with Gasteiger partial charge in [0.1, 0.15) is 16.8 Å². The minimum atomic E-state index is -0.0873. The number of ether oxygens (including phenoxy) is 1. The van der Waals surface area contributed by atoms with Crippen LogP contribution in [0.1, 0.15) is 21.4 Å². The molecule has 0 spiro atoms. The second-order valence-electron chi connectivity index (χ2n) is 5.99. The van der Waals surface area contributed by atoms with Crippen molar-refractivity contribution in [1.29, 1.82) is 0 Å². The van der Waals surface area contributed by atoms with Gasteiger partial charge in [0, 0.05) is 33.9 Å². The molecular formula is C20H17BrN2O2S. The monoisotopic (exact) mass is 428 g/mol. The Balaban J connectivity index is 1.75. The summed E-state index contributed by atoms with van der Waals surface area (Å²) in [4.78, 5) is 19.6. The minimum Gasteiger partial charge on any atom is -0.496 e. The first-order chi connectivity index (χ1) is 12.7. The van der Waals surface area contributed by atoms with Crippen LogP contribution in [-0.2, 0) is 0 Å². The number of rotatable bonds is 3. The van der Waals surface area contributed by atoms with E-state index in [0.29, 0.717) is 12.2 Å². The number of nitrogens with zero attached hydrogens (tertiary/aromatic N) is 2. The smallest absolute Gasteiger partial charge is 0.274 e. The molecule has 1 atom stereocenters. The number of pyridine rings is 1. The Labute approximate surface area is 164 Å². The normalized spacial score (nSPS) is 16.8. The Bertz CT molecular complexity index is 974. The van der Waals surface area contributed by atoms with Crippen LogP contribution in [0.4, 0.5) is 0 Å². The molecule has 1 aliphatic rings. The number of aromatic nitrogens is 1. The molecule has 0 radical (unpaired) electrons. The van der Waals surface area contributed by atoms with Gasteiger partial charge in [0.2, 0.25) is 0 Å². The van der Waals surface area contributed by atoms with Crippen LogP contribution in [0, 0.1) is 0 Å². The fourth-order valence-corrected chi connectivity index (χ4v) is 4.91. The van der Waals surface area contributed by atoms with E-state index in [1.807, 2.05) is 53.4 Å². The van der Waals surface area contributed by atoms with E-state index in [4.69, 9.17) is 4.74 Å². The zero-order valence-corrected chi connectivity index (χ0v) is 16.6. The van der Waals surface area contributed by atoms with Crippen molar-refractivity contribution >= 4 is 44.4 Å². The summed E-state index contributed by atoms with van der Waals surface area (Å²) >= 11 is 5.27. The Morgan fingerprint density at radius 2 is 2.12 bits per heavy atom. The lowest BCUT2D eigenvalue weighted by molar-refractivity contribution is 0.0755. The molecule has 0 bridgehead atoms. The summed E-state index contributed by atoms with van der Waals surface area (Å²) in [5.74, 6) is 1.63. The number of methoxy groups -OCH3 is 1. The molecule has 0 aliphatic carbocycles. The van der Waals surface area contributed by atoms with E-state index >= 15 is 0 Å². The molecule has 132 valence electrons. The average molecular weight is 429 g/mol. The summed E-state index contributed by atoms with van der Waals surface area (Å²) in [7, 11) is 1.66. The molecule has 26 heavy (non-hydrogen) atoms. The lowest BCUT2D eigenvalue weighted by Crippen LogP contribution is -2.31. The van der Waals surface area contributed by atoms with Crippen LogP contribution in [0.2, 0.25) is 0 Å². The van der Waals surface area contributed by atoms with Crippen LogP contribution >= 0.6 is 27.7 Å². The van der Waals surface area contributed by atoms with E-state index in [9.17, 15) is 4.79 Å². The number of hydrogen-bond acceptors (Lipinski definition) is 4.